The molecule has 0 bridgehead atoms. The molecule has 0 heterocycles. The molecule has 0 fully saturated rings. The summed E-state index contributed by atoms with van der Waals surface area (Å²) in [5.74, 6) is 0.0445. The summed E-state index contributed by atoms with van der Waals surface area (Å²) in [7, 11) is -3.39. The van der Waals surface area contributed by atoms with Crippen molar-refractivity contribution in [2.45, 2.75) is 13.3 Å². The molecular weight excluding hydrogens is 295 g/mol. The lowest BCUT2D eigenvalue weighted by atomic mass is 10.3. The van der Waals surface area contributed by atoms with Gasteiger partial charge < -0.3 is 5.32 Å². The summed E-state index contributed by atoms with van der Waals surface area (Å²) < 4.78 is 26.0. The van der Waals surface area contributed by atoms with Crippen molar-refractivity contribution in [3.05, 3.63) is 28.2 Å². The maximum absolute atomic E-state index is 11.8. The number of sulfonamides is 1. The smallest absolute Gasteiger partial charge is 0.232 e. The highest BCUT2D eigenvalue weighted by atomic mass is 35.5. The van der Waals surface area contributed by atoms with Crippen molar-refractivity contribution in [2.24, 2.45) is 0 Å². The van der Waals surface area contributed by atoms with Gasteiger partial charge in [0.2, 0.25) is 10.0 Å². The second kappa shape index (κ2) is 7.19. The fraction of sp³-hybridized carbons (Fsp3) is 0.455. The van der Waals surface area contributed by atoms with Crippen LogP contribution in [-0.2, 0) is 10.0 Å². The van der Waals surface area contributed by atoms with Crippen molar-refractivity contribution in [3.8, 4) is 0 Å². The topological polar surface area (TPSA) is 58.2 Å². The second-order valence-corrected chi connectivity index (χ2v) is 6.44. The molecule has 2 N–H and O–H groups in total. The van der Waals surface area contributed by atoms with E-state index in [4.69, 9.17) is 23.2 Å². The highest BCUT2D eigenvalue weighted by molar-refractivity contribution is 7.92. The Labute approximate surface area is 118 Å². The van der Waals surface area contributed by atoms with Gasteiger partial charge in [-0.2, -0.15) is 0 Å². The molecule has 4 nitrogen and oxygen atoms in total. The summed E-state index contributed by atoms with van der Waals surface area (Å²) >= 11 is 11.7. The molecule has 0 aliphatic carbocycles. The Morgan fingerprint density at radius 3 is 2.67 bits per heavy atom. The first kappa shape index (κ1) is 15.6. The monoisotopic (exact) mass is 310 g/mol. The normalized spacial score (nSPS) is 11.5. The minimum absolute atomic E-state index is 0.0445. The number of nitrogens with one attached hydrogen (secondary N) is 2. The fourth-order valence-corrected chi connectivity index (χ4v) is 2.88. The van der Waals surface area contributed by atoms with Crippen LogP contribution in [0.5, 0.6) is 0 Å². The molecule has 0 radical (unpaired) electrons. The van der Waals surface area contributed by atoms with Gasteiger partial charge in [-0.3, -0.25) is 4.72 Å². The number of halogens is 2. The van der Waals surface area contributed by atoms with Gasteiger partial charge in [0.15, 0.2) is 0 Å². The summed E-state index contributed by atoms with van der Waals surface area (Å²) in [5, 5.41) is 3.83. The third kappa shape index (κ3) is 5.44. The zero-order chi connectivity index (χ0) is 13.6. The predicted octanol–water partition coefficient (Wildman–Crippen LogP) is 2.73. The molecule has 0 aliphatic heterocycles. The molecule has 1 rings (SSSR count). The van der Waals surface area contributed by atoms with Gasteiger partial charge in [0, 0.05) is 5.02 Å². The molecule has 102 valence electrons. The van der Waals surface area contributed by atoms with E-state index in [1.165, 1.54) is 6.07 Å². The van der Waals surface area contributed by atoms with Gasteiger partial charge in [-0.15, -0.1) is 0 Å². The lowest BCUT2D eigenvalue weighted by Gasteiger charge is -2.10. The first-order chi connectivity index (χ1) is 8.44. The van der Waals surface area contributed by atoms with Crippen LogP contribution in [0.25, 0.3) is 0 Å². The van der Waals surface area contributed by atoms with Gasteiger partial charge in [-0.05, 0) is 37.7 Å². The van der Waals surface area contributed by atoms with Crippen LogP contribution in [0, 0.1) is 0 Å². The summed E-state index contributed by atoms with van der Waals surface area (Å²) in [6.45, 7) is 3.47. The van der Waals surface area contributed by atoms with E-state index in [1.807, 2.05) is 6.92 Å². The van der Waals surface area contributed by atoms with Crippen LogP contribution in [0.1, 0.15) is 13.3 Å². The molecule has 18 heavy (non-hydrogen) atoms. The molecule has 0 amide bonds. The van der Waals surface area contributed by atoms with E-state index in [-0.39, 0.29) is 5.75 Å². The molecule has 0 aliphatic rings. The van der Waals surface area contributed by atoms with Gasteiger partial charge in [0.05, 0.1) is 16.5 Å². The van der Waals surface area contributed by atoms with E-state index in [9.17, 15) is 8.42 Å². The van der Waals surface area contributed by atoms with E-state index in [2.05, 4.69) is 10.0 Å². The largest absolute Gasteiger partial charge is 0.317 e. The van der Waals surface area contributed by atoms with E-state index >= 15 is 0 Å². The van der Waals surface area contributed by atoms with Crippen LogP contribution in [0.3, 0.4) is 0 Å². The maximum atomic E-state index is 11.8. The maximum Gasteiger partial charge on any atom is 0.232 e. The van der Waals surface area contributed by atoms with Gasteiger partial charge in [0.25, 0.3) is 0 Å². The predicted molar refractivity (Wildman–Crippen MR) is 77.0 cm³/mol. The molecule has 0 unspecified atom stereocenters. The third-order valence-corrected chi connectivity index (χ3v) is 4.13. The molecule has 0 saturated heterocycles. The number of anilines is 1. The van der Waals surface area contributed by atoms with Crippen LogP contribution >= 0.6 is 23.2 Å². The SMILES string of the molecule is CCNCCCS(=O)(=O)Nc1cc(Cl)ccc1Cl. The molecule has 7 heteroatoms. The van der Waals surface area contributed by atoms with Crippen LogP contribution < -0.4 is 10.0 Å². The quantitative estimate of drug-likeness (QED) is 0.761. The van der Waals surface area contributed by atoms with Crippen LogP contribution in [0.2, 0.25) is 10.0 Å². The Bertz CT molecular complexity index is 492. The number of hydrogen-bond donors (Lipinski definition) is 2. The van der Waals surface area contributed by atoms with Crippen molar-refractivity contribution in [1.29, 1.82) is 0 Å². The molecule has 1 aromatic carbocycles. The minimum atomic E-state index is -3.39. The molecule has 1 aromatic rings. The van der Waals surface area contributed by atoms with Crippen molar-refractivity contribution in [1.82, 2.24) is 5.32 Å². The second-order valence-electron chi connectivity index (χ2n) is 3.75. The van der Waals surface area contributed by atoms with E-state index in [0.29, 0.717) is 28.7 Å². The molecular formula is C11H16Cl2N2O2S. The van der Waals surface area contributed by atoms with Crippen LogP contribution in [0.4, 0.5) is 5.69 Å². The summed E-state index contributed by atoms with van der Waals surface area (Å²) in [5.41, 5.74) is 0.313. The first-order valence-electron chi connectivity index (χ1n) is 5.61. The zero-order valence-corrected chi connectivity index (χ0v) is 12.4. The van der Waals surface area contributed by atoms with Crippen LogP contribution in [0.15, 0.2) is 18.2 Å². The van der Waals surface area contributed by atoms with E-state index in [1.54, 1.807) is 12.1 Å². The van der Waals surface area contributed by atoms with Crippen molar-refractivity contribution >= 4 is 38.9 Å². The number of benzene rings is 1. The van der Waals surface area contributed by atoms with Crippen molar-refractivity contribution in [2.75, 3.05) is 23.6 Å². The van der Waals surface area contributed by atoms with E-state index in [0.717, 1.165) is 6.54 Å². The Hall–Kier alpha value is -0.490. The van der Waals surface area contributed by atoms with Gasteiger partial charge in [0.1, 0.15) is 0 Å². The average molecular weight is 311 g/mol. The summed E-state index contributed by atoms with van der Waals surface area (Å²) in [4.78, 5) is 0. The van der Waals surface area contributed by atoms with Gasteiger partial charge in [-0.1, -0.05) is 30.1 Å². The first-order valence-corrected chi connectivity index (χ1v) is 8.01. The highest BCUT2D eigenvalue weighted by Gasteiger charge is 2.12. The van der Waals surface area contributed by atoms with Crippen LogP contribution in [-0.4, -0.2) is 27.3 Å². The van der Waals surface area contributed by atoms with Crippen molar-refractivity contribution in [3.63, 3.8) is 0 Å². The van der Waals surface area contributed by atoms with Crippen molar-refractivity contribution < 1.29 is 8.42 Å². The summed E-state index contributed by atoms with van der Waals surface area (Å²) in [6.07, 6.45) is 0.543. The number of hydrogen-bond acceptors (Lipinski definition) is 3. The Morgan fingerprint density at radius 1 is 1.28 bits per heavy atom. The lowest BCUT2D eigenvalue weighted by molar-refractivity contribution is 0.595. The molecule has 0 atom stereocenters. The third-order valence-electron chi connectivity index (χ3n) is 2.21. The lowest BCUT2D eigenvalue weighted by Crippen LogP contribution is -2.22. The highest BCUT2D eigenvalue weighted by Crippen LogP contribution is 2.26. The Morgan fingerprint density at radius 2 is 2.00 bits per heavy atom. The standard InChI is InChI=1S/C11H16Cl2N2O2S/c1-2-14-6-3-7-18(16,17)15-11-8-9(12)4-5-10(11)13/h4-5,8,14-15H,2-3,6-7H2,1H3. The Kier molecular flexibility index (Phi) is 6.21. The molecule has 0 spiro atoms. The molecule has 0 saturated carbocycles. The summed E-state index contributed by atoms with van der Waals surface area (Å²) in [6, 6.07) is 4.65. The van der Waals surface area contributed by atoms with Gasteiger partial charge >= 0.3 is 0 Å². The van der Waals surface area contributed by atoms with E-state index < -0.39 is 10.0 Å². The zero-order valence-electron chi connectivity index (χ0n) is 10.0. The van der Waals surface area contributed by atoms with Gasteiger partial charge in [-0.25, -0.2) is 8.42 Å². The average Bonchev–Trinajstić information content (AvgIpc) is 2.29. The minimum Gasteiger partial charge on any atom is -0.317 e. The number of rotatable bonds is 7. The Balaban J connectivity index is 2.62. The molecule has 0 aromatic heterocycles. The fourth-order valence-electron chi connectivity index (χ4n) is 1.36.